The smallest absolute Gasteiger partial charge is 0.147 e. The molecule has 19 heavy (non-hydrogen) atoms. The lowest BCUT2D eigenvalue weighted by atomic mass is 9.86. The van der Waals surface area contributed by atoms with Crippen LogP contribution in [0, 0.1) is 11.3 Å². The summed E-state index contributed by atoms with van der Waals surface area (Å²) in [5.74, 6) is 0. The van der Waals surface area contributed by atoms with Crippen LogP contribution < -0.4 is 0 Å². The van der Waals surface area contributed by atoms with Crippen LogP contribution in [-0.4, -0.2) is 4.98 Å². The van der Waals surface area contributed by atoms with Crippen molar-refractivity contribution in [1.29, 1.82) is 5.26 Å². The standard InChI is InChI=1S/C16H15ClN2/c1-16(2,3)13-7-4-11(5-8-13)14-9-6-12(10-18)15(17)19-14/h4-9H,1-3H3. The number of pyridine rings is 1. The van der Waals surface area contributed by atoms with Crippen LogP contribution in [0.2, 0.25) is 5.15 Å². The molecule has 0 aliphatic rings. The van der Waals surface area contributed by atoms with Gasteiger partial charge in [-0.15, -0.1) is 0 Å². The van der Waals surface area contributed by atoms with Gasteiger partial charge in [-0.3, -0.25) is 0 Å². The molecule has 0 aliphatic heterocycles. The molecule has 2 rings (SSSR count). The van der Waals surface area contributed by atoms with E-state index < -0.39 is 0 Å². The molecule has 0 fully saturated rings. The van der Waals surface area contributed by atoms with Crippen molar-refractivity contribution < 1.29 is 0 Å². The Bertz CT molecular complexity index is 631. The maximum absolute atomic E-state index is 8.83. The Hall–Kier alpha value is -1.85. The first-order chi connectivity index (χ1) is 8.91. The van der Waals surface area contributed by atoms with Gasteiger partial charge in [-0.25, -0.2) is 4.98 Å². The second kappa shape index (κ2) is 5.03. The number of hydrogen-bond acceptors (Lipinski definition) is 2. The van der Waals surface area contributed by atoms with Crippen LogP contribution in [0.25, 0.3) is 11.3 Å². The van der Waals surface area contributed by atoms with Gasteiger partial charge in [0.25, 0.3) is 0 Å². The molecule has 0 N–H and O–H groups in total. The van der Waals surface area contributed by atoms with E-state index in [4.69, 9.17) is 16.9 Å². The van der Waals surface area contributed by atoms with Crippen LogP contribution in [0.1, 0.15) is 31.9 Å². The van der Waals surface area contributed by atoms with Gasteiger partial charge in [-0.05, 0) is 23.1 Å². The number of halogens is 1. The fourth-order valence-electron chi connectivity index (χ4n) is 1.82. The zero-order chi connectivity index (χ0) is 14.0. The van der Waals surface area contributed by atoms with Crippen molar-refractivity contribution in [3.63, 3.8) is 0 Å². The first-order valence-corrected chi connectivity index (χ1v) is 6.47. The van der Waals surface area contributed by atoms with Gasteiger partial charge in [0.15, 0.2) is 0 Å². The predicted molar refractivity (Wildman–Crippen MR) is 78.1 cm³/mol. The third kappa shape index (κ3) is 2.94. The Morgan fingerprint density at radius 3 is 2.16 bits per heavy atom. The molecular formula is C16H15ClN2. The Morgan fingerprint density at radius 1 is 1.05 bits per heavy atom. The molecule has 0 atom stereocenters. The molecule has 0 saturated heterocycles. The summed E-state index contributed by atoms with van der Waals surface area (Å²) in [6.45, 7) is 6.54. The molecule has 1 heterocycles. The van der Waals surface area contributed by atoms with E-state index in [0.717, 1.165) is 11.3 Å². The van der Waals surface area contributed by atoms with Crippen LogP contribution in [0.15, 0.2) is 36.4 Å². The Morgan fingerprint density at radius 2 is 1.68 bits per heavy atom. The highest BCUT2D eigenvalue weighted by Crippen LogP contribution is 2.26. The fraction of sp³-hybridized carbons (Fsp3) is 0.250. The molecule has 0 aliphatic carbocycles. The van der Waals surface area contributed by atoms with Gasteiger partial charge in [0, 0.05) is 5.56 Å². The molecule has 2 aromatic rings. The number of aromatic nitrogens is 1. The summed E-state index contributed by atoms with van der Waals surface area (Å²) in [7, 11) is 0. The lowest BCUT2D eigenvalue weighted by Crippen LogP contribution is -2.10. The average Bonchev–Trinajstić information content (AvgIpc) is 2.38. The summed E-state index contributed by atoms with van der Waals surface area (Å²) in [6, 6.07) is 13.8. The minimum absolute atomic E-state index is 0.133. The molecule has 1 aromatic carbocycles. The first kappa shape index (κ1) is 13.6. The average molecular weight is 271 g/mol. The summed E-state index contributed by atoms with van der Waals surface area (Å²) in [6.07, 6.45) is 0. The molecule has 0 amide bonds. The summed E-state index contributed by atoms with van der Waals surface area (Å²) < 4.78 is 0. The van der Waals surface area contributed by atoms with Crippen LogP contribution >= 0.6 is 11.6 Å². The molecule has 0 saturated carbocycles. The van der Waals surface area contributed by atoms with Crippen LogP contribution in [0.3, 0.4) is 0 Å². The quantitative estimate of drug-likeness (QED) is 0.712. The SMILES string of the molecule is CC(C)(C)c1ccc(-c2ccc(C#N)c(Cl)n2)cc1. The highest BCUT2D eigenvalue weighted by Gasteiger charge is 2.13. The molecule has 96 valence electrons. The molecule has 0 bridgehead atoms. The van der Waals surface area contributed by atoms with E-state index in [9.17, 15) is 0 Å². The maximum Gasteiger partial charge on any atom is 0.147 e. The van der Waals surface area contributed by atoms with Gasteiger partial charge >= 0.3 is 0 Å². The Labute approximate surface area is 118 Å². The van der Waals surface area contributed by atoms with E-state index in [0.29, 0.717) is 5.56 Å². The topological polar surface area (TPSA) is 36.7 Å². The van der Waals surface area contributed by atoms with Gasteiger partial charge < -0.3 is 0 Å². The molecule has 0 radical (unpaired) electrons. The molecule has 0 spiro atoms. The van der Waals surface area contributed by atoms with E-state index in [1.807, 2.05) is 24.3 Å². The van der Waals surface area contributed by atoms with Crippen molar-refractivity contribution in [1.82, 2.24) is 4.98 Å². The van der Waals surface area contributed by atoms with Gasteiger partial charge in [-0.2, -0.15) is 5.26 Å². The highest BCUT2D eigenvalue weighted by atomic mass is 35.5. The number of nitrogens with zero attached hydrogens (tertiary/aromatic N) is 2. The van der Waals surface area contributed by atoms with E-state index in [2.05, 4.69) is 37.9 Å². The lowest BCUT2D eigenvalue weighted by Gasteiger charge is -2.19. The maximum atomic E-state index is 8.83. The summed E-state index contributed by atoms with van der Waals surface area (Å²) >= 11 is 5.95. The number of benzene rings is 1. The number of nitriles is 1. The second-order valence-electron chi connectivity index (χ2n) is 5.47. The van der Waals surface area contributed by atoms with Gasteiger partial charge in [0.2, 0.25) is 0 Å². The van der Waals surface area contributed by atoms with Crippen molar-refractivity contribution in [3.05, 3.63) is 52.7 Å². The zero-order valence-corrected chi connectivity index (χ0v) is 12.0. The van der Waals surface area contributed by atoms with E-state index >= 15 is 0 Å². The van der Waals surface area contributed by atoms with Gasteiger partial charge in [0.1, 0.15) is 11.2 Å². The van der Waals surface area contributed by atoms with Crippen molar-refractivity contribution >= 4 is 11.6 Å². The minimum Gasteiger partial charge on any atom is -0.235 e. The summed E-state index contributed by atoms with van der Waals surface area (Å²) in [5.41, 5.74) is 3.59. The van der Waals surface area contributed by atoms with Crippen LogP contribution in [-0.2, 0) is 5.41 Å². The summed E-state index contributed by atoms with van der Waals surface area (Å²) in [5, 5.41) is 9.08. The predicted octanol–water partition coefficient (Wildman–Crippen LogP) is 4.57. The Kier molecular flexibility index (Phi) is 3.59. The summed E-state index contributed by atoms with van der Waals surface area (Å²) in [4.78, 5) is 4.25. The molecule has 1 aromatic heterocycles. The number of rotatable bonds is 1. The van der Waals surface area contributed by atoms with Crippen molar-refractivity contribution in [3.8, 4) is 17.3 Å². The van der Waals surface area contributed by atoms with Crippen LogP contribution in [0.4, 0.5) is 0 Å². The molecule has 0 unspecified atom stereocenters. The van der Waals surface area contributed by atoms with Crippen molar-refractivity contribution in [2.24, 2.45) is 0 Å². The first-order valence-electron chi connectivity index (χ1n) is 6.09. The fourth-order valence-corrected chi connectivity index (χ4v) is 2.02. The molecule has 2 nitrogen and oxygen atoms in total. The molecule has 3 heteroatoms. The zero-order valence-electron chi connectivity index (χ0n) is 11.2. The van der Waals surface area contributed by atoms with E-state index in [1.165, 1.54) is 5.56 Å². The van der Waals surface area contributed by atoms with E-state index in [1.54, 1.807) is 6.07 Å². The van der Waals surface area contributed by atoms with E-state index in [-0.39, 0.29) is 10.6 Å². The van der Waals surface area contributed by atoms with Gasteiger partial charge in [-0.1, -0.05) is 56.6 Å². The number of hydrogen-bond donors (Lipinski definition) is 0. The van der Waals surface area contributed by atoms with Crippen molar-refractivity contribution in [2.45, 2.75) is 26.2 Å². The third-order valence-electron chi connectivity index (χ3n) is 3.02. The van der Waals surface area contributed by atoms with Crippen LogP contribution in [0.5, 0.6) is 0 Å². The lowest BCUT2D eigenvalue weighted by molar-refractivity contribution is 0.590. The molecular weight excluding hydrogens is 256 g/mol. The Balaban J connectivity index is 2.38. The third-order valence-corrected chi connectivity index (χ3v) is 3.30. The highest BCUT2D eigenvalue weighted by molar-refractivity contribution is 6.30. The van der Waals surface area contributed by atoms with Crippen molar-refractivity contribution in [2.75, 3.05) is 0 Å². The minimum atomic E-state index is 0.133. The normalized spacial score (nSPS) is 11.1. The monoisotopic (exact) mass is 270 g/mol. The second-order valence-corrected chi connectivity index (χ2v) is 5.83. The van der Waals surface area contributed by atoms with Gasteiger partial charge in [0.05, 0.1) is 11.3 Å². The largest absolute Gasteiger partial charge is 0.235 e.